The lowest BCUT2D eigenvalue weighted by molar-refractivity contribution is 0.0774. The van der Waals surface area contributed by atoms with E-state index in [2.05, 4.69) is 4.72 Å². The molecule has 0 aromatic heterocycles. The molecular weight excluding hydrogens is 334 g/mol. The lowest BCUT2D eigenvalue weighted by Crippen LogP contribution is -2.35. The van der Waals surface area contributed by atoms with E-state index >= 15 is 0 Å². The van der Waals surface area contributed by atoms with E-state index in [1.807, 2.05) is 0 Å². The van der Waals surface area contributed by atoms with E-state index in [1.165, 1.54) is 36.2 Å². The van der Waals surface area contributed by atoms with Crippen LogP contribution in [0.15, 0.2) is 29.2 Å². The molecule has 9 heteroatoms. The zero-order chi connectivity index (χ0) is 17.5. The van der Waals surface area contributed by atoms with Crippen LogP contribution in [0.4, 0.5) is 4.79 Å². The number of fused-ring (bicyclic) bond motifs is 1. The van der Waals surface area contributed by atoms with Crippen LogP contribution in [-0.2, 0) is 10.0 Å². The topological polar surface area (TPSA) is 107 Å². The molecule has 2 heterocycles. The molecule has 0 aliphatic carbocycles. The number of nitrogens with one attached hydrogen (secondary N) is 1. The van der Waals surface area contributed by atoms with Crippen molar-refractivity contribution >= 4 is 22.0 Å². The first-order chi connectivity index (χ1) is 11.3. The van der Waals surface area contributed by atoms with Crippen molar-refractivity contribution in [1.29, 1.82) is 0 Å². The van der Waals surface area contributed by atoms with Crippen molar-refractivity contribution in [2.24, 2.45) is 11.8 Å². The minimum Gasteiger partial charge on any atom is -0.465 e. The Morgan fingerprint density at radius 2 is 1.54 bits per heavy atom. The Kier molecular flexibility index (Phi) is 4.22. The summed E-state index contributed by atoms with van der Waals surface area (Å²) in [6.45, 7) is 1.99. The molecule has 2 saturated heterocycles. The van der Waals surface area contributed by atoms with Crippen LogP contribution >= 0.6 is 0 Å². The van der Waals surface area contributed by atoms with Crippen molar-refractivity contribution in [2.75, 3.05) is 33.2 Å². The number of amides is 2. The second-order valence-corrected chi connectivity index (χ2v) is 8.04. The summed E-state index contributed by atoms with van der Waals surface area (Å²) in [6, 6.07) is 5.82. The van der Waals surface area contributed by atoms with Crippen LogP contribution in [0.25, 0.3) is 0 Å². The fourth-order valence-electron chi connectivity index (χ4n) is 3.39. The van der Waals surface area contributed by atoms with E-state index in [0.29, 0.717) is 31.7 Å². The maximum absolute atomic E-state index is 12.6. The maximum Gasteiger partial charge on any atom is 0.407 e. The molecule has 2 aliphatic heterocycles. The van der Waals surface area contributed by atoms with Crippen LogP contribution in [0.1, 0.15) is 10.4 Å². The van der Waals surface area contributed by atoms with E-state index < -0.39 is 16.1 Å². The lowest BCUT2D eigenvalue weighted by atomic mass is 10.0. The molecule has 0 saturated carbocycles. The highest BCUT2D eigenvalue weighted by Crippen LogP contribution is 2.31. The Morgan fingerprint density at radius 3 is 2.00 bits per heavy atom. The van der Waals surface area contributed by atoms with Crippen LogP contribution in [0.2, 0.25) is 0 Å². The van der Waals surface area contributed by atoms with Crippen LogP contribution in [-0.4, -0.2) is 68.6 Å². The fourth-order valence-corrected chi connectivity index (χ4v) is 4.12. The molecular formula is C15H19N3O5S. The number of carbonyl (C=O) groups excluding carboxylic acids is 1. The number of likely N-dealkylation sites (tertiary alicyclic amines) is 2. The van der Waals surface area contributed by atoms with Gasteiger partial charge in [0, 0.05) is 43.6 Å². The van der Waals surface area contributed by atoms with Crippen molar-refractivity contribution in [3.8, 4) is 0 Å². The van der Waals surface area contributed by atoms with Crippen molar-refractivity contribution < 1.29 is 23.1 Å². The first-order valence-corrected chi connectivity index (χ1v) is 9.11. The van der Waals surface area contributed by atoms with Gasteiger partial charge in [0.2, 0.25) is 10.0 Å². The van der Waals surface area contributed by atoms with Crippen molar-refractivity contribution in [2.45, 2.75) is 4.90 Å². The minimum atomic E-state index is -3.52. The number of carboxylic acid groups (broad SMARTS) is 1. The summed E-state index contributed by atoms with van der Waals surface area (Å²) in [4.78, 5) is 26.8. The van der Waals surface area contributed by atoms with Crippen LogP contribution in [0.3, 0.4) is 0 Å². The van der Waals surface area contributed by atoms with Gasteiger partial charge in [0.05, 0.1) is 4.90 Å². The summed E-state index contributed by atoms with van der Waals surface area (Å²) >= 11 is 0. The van der Waals surface area contributed by atoms with Crippen LogP contribution < -0.4 is 4.72 Å². The number of rotatable bonds is 3. The van der Waals surface area contributed by atoms with Gasteiger partial charge in [-0.1, -0.05) is 0 Å². The quantitative estimate of drug-likeness (QED) is 0.811. The number of sulfonamides is 1. The Hall–Kier alpha value is -2.13. The summed E-state index contributed by atoms with van der Waals surface area (Å²) in [7, 11) is -2.19. The van der Waals surface area contributed by atoms with Gasteiger partial charge >= 0.3 is 6.09 Å². The average Bonchev–Trinajstić information content (AvgIpc) is 3.13. The molecule has 2 aliphatic rings. The van der Waals surface area contributed by atoms with Gasteiger partial charge < -0.3 is 14.9 Å². The molecule has 2 fully saturated rings. The second kappa shape index (κ2) is 6.06. The van der Waals surface area contributed by atoms with E-state index in [9.17, 15) is 18.0 Å². The van der Waals surface area contributed by atoms with E-state index in [0.717, 1.165) is 0 Å². The SMILES string of the molecule is CNS(=O)(=O)c1ccc(C(=O)N2CC3CN(C(=O)O)CC3C2)cc1. The number of nitrogens with zero attached hydrogens (tertiary/aromatic N) is 2. The first kappa shape index (κ1) is 16.7. The van der Waals surface area contributed by atoms with E-state index in [4.69, 9.17) is 5.11 Å². The molecule has 0 spiro atoms. The lowest BCUT2D eigenvalue weighted by Gasteiger charge is -2.20. The number of benzene rings is 1. The molecule has 2 atom stereocenters. The first-order valence-electron chi connectivity index (χ1n) is 7.62. The Bertz CT molecular complexity index is 748. The predicted octanol–water partition coefficient (Wildman–Crippen LogP) is 0.277. The van der Waals surface area contributed by atoms with Crippen molar-refractivity contribution in [1.82, 2.24) is 14.5 Å². The number of carbonyl (C=O) groups is 2. The Balaban J connectivity index is 1.68. The van der Waals surface area contributed by atoms with Gasteiger partial charge in [-0.25, -0.2) is 17.9 Å². The molecule has 2 amide bonds. The van der Waals surface area contributed by atoms with Gasteiger partial charge in [0.25, 0.3) is 5.91 Å². The van der Waals surface area contributed by atoms with Crippen molar-refractivity contribution in [3.63, 3.8) is 0 Å². The smallest absolute Gasteiger partial charge is 0.407 e. The Labute approximate surface area is 140 Å². The zero-order valence-electron chi connectivity index (χ0n) is 13.2. The monoisotopic (exact) mass is 353 g/mol. The molecule has 8 nitrogen and oxygen atoms in total. The molecule has 0 bridgehead atoms. The van der Waals surface area contributed by atoms with Crippen LogP contribution in [0.5, 0.6) is 0 Å². The highest BCUT2D eigenvalue weighted by atomic mass is 32.2. The summed E-state index contributed by atoms with van der Waals surface area (Å²) in [5.74, 6) is 0.197. The molecule has 2 unspecified atom stereocenters. The zero-order valence-corrected chi connectivity index (χ0v) is 14.0. The van der Waals surface area contributed by atoms with Gasteiger partial charge in [-0.2, -0.15) is 0 Å². The van der Waals surface area contributed by atoms with E-state index in [1.54, 1.807) is 4.90 Å². The maximum atomic E-state index is 12.6. The standard InChI is InChI=1S/C15H19N3O5S/c1-16-24(22,23)13-4-2-10(3-5-13)14(19)17-6-11-8-18(15(20)21)9-12(11)7-17/h2-5,11-12,16H,6-9H2,1H3,(H,20,21). The van der Waals surface area contributed by atoms with Crippen LogP contribution in [0, 0.1) is 11.8 Å². The predicted molar refractivity (Wildman–Crippen MR) is 85.2 cm³/mol. The second-order valence-electron chi connectivity index (χ2n) is 6.15. The van der Waals surface area contributed by atoms with Gasteiger partial charge in [-0.05, 0) is 31.3 Å². The normalized spacial score (nSPS) is 23.4. The van der Waals surface area contributed by atoms with Gasteiger partial charge in [0.15, 0.2) is 0 Å². The van der Waals surface area contributed by atoms with Crippen molar-refractivity contribution in [3.05, 3.63) is 29.8 Å². The minimum absolute atomic E-state index is 0.108. The fraction of sp³-hybridized carbons (Fsp3) is 0.467. The Morgan fingerprint density at radius 1 is 1.04 bits per heavy atom. The number of hydrogen-bond acceptors (Lipinski definition) is 4. The van der Waals surface area contributed by atoms with Gasteiger partial charge in [0.1, 0.15) is 0 Å². The molecule has 130 valence electrons. The third-order valence-corrected chi connectivity index (χ3v) is 6.15. The molecule has 2 N–H and O–H groups in total. The largest absolute Gasteiger partial charge is 0.465 e. The average molecular weight is 353 g/mol. The molecule has 1 aromatic rings. The summed E-state index contributed by atoms with van der Waals surface area (Å²) in [5, 5.41) is 9.02. The van der Waals surface area contributed by atoms with Gasteiger partial charge in [-0.15, -0.1) is 0 Å². The number of hydrogen-bond donors (Lipinski definition) is 2. The molecule has 1 aromatic carbocycles. The third kappa shape index (κ3) is 2.96. The highest BCUT2D eigenvalue weighted by molar-refractivity contribution is 7.89. The molecule has 0 radical (unpaired) electrons. The third-order valence-electron chi connectivity index (χ3n) is 4.72. The molecule has 24 heavy (non-hydrogen) atoms. The summed E-state index contributed by atoms with van der Waals surface area (Å²) in [5.41, 5.74) is 0.431. The summed E-state index contributed by atoms with van der Waals surface area (Å²) in [6.07, 6.45) is -0.913. The van der Waals surface area contributed by atoms with E-state index in [-0.39, 0.29) is 22.6 Å². The highest BCUT2D eigenvalue weighted by Gasteiger charge is 2.43. The summed E-state index contributed by atoms with van der Waals surface area (Å²) < 4.78 is 25.6. The molecule has 3 rings (SSSR count). The van der Waals surface area contributed by atoms with Gasteiger partial charge in [-0.3, -0.25) is 4.79 Å².